The van der Waals surface area contributed by atoms with Gasteiger partial charge in [-0.3, -0.25) is 9.78 Å². The quantitative estimate of drug-likeness (QED) is 0.629. The van der Waals surface area contributed by atoms with Gasteiger partial charge in [-0.2, -0.15) is 0 Å². The van der Waals surface area contributed by atoms with Crippen molar-refractivity contribution in [1.82, 2.24) is 10.3 Å². The van der Waals surface area contributed by atoms with Crippen LogP contribution in [0.15, 0.2) is 79.1 Å². The van der Waals surface area contributed by atoms with E-state index in [-0.39, 0.29) is 11.9 Å². The summed E-state index contributed by atoms with van der Waals surface area (Å²) in [6.07, 6.45) is 5.42. The molecule has 30 heavy (non-hydrogen) atoms. The summed E-state index contributed by atoms with van der Waals surface area (Å²) >= 11 is 0. The number of carbonyl (C=O) groups excluding carboxylic acids is 1. The normalized spacial score (nSPS) is 15.3. The number of hydrogen-bond donors (Lipinski definition) is 1. The Morgan fingerprint density at radius 2 is 1.90 bits per heavy atom. The number of nitrogens with one attached hydrogen (secondary N) is 1. The standard InChI is InChI=1S/C25H26N2O3/c28-25(21-8-4-10-23(16-21)30-18-19-6-2-1-3-7-19)27-24(20-11-14-29-15-12-20)22-9-5-13-26-17-22/h1-10,13,16-17,20,24H,11-12,14-15,18H2,(H,27,28). The van der Waals surface area contributed by atoms with Crippen molar-refractivity contribution in [1.29, 1.82) is 0 Å². The van der Waals surface area contributed by atoms with Crippen LogP contribution in [0, 0.1) is 5.92 Å². The fourth-order valence-corrected chi connectivity index (χ4v) is 3.78. The number of aromatic nitrogens is 1. The van der Waals surface area contributed by atoms with Gasteiger partial charge in [-0.15, -0.1) is 0 Å². The van der Waals surface area contributed by atoms with E-state index in [0.717, 1.165) is 37.2 Å². The predicted octanol–water partition coefficient (Wildman–Crippen LogP) is 4.56. The molecule has 4 rings (SSSR count). The zero-order valence-corrected chi connectivity index (χ0v) is 16.9. The molecule has 5 nitrogen and oxygen atoms in total. The van der Waals surface area contributed by atoms with Crippen LogP contribution in [-0.4, -0.2) is 24.1 Å². The number of amides is 1. The average molecular weight is 402 g/mol. The Balaban J connectivity index is 1.47. The molecule has 154 valence electrons. The van der Waals surface area contributed by atoms with E-state index >= 15 is 0 Å². The van der Waals surface area contributed by atoms with Gasteiger partial charge in [0.2, 0.25) is 0 Å². The maximum Gasteiger partial charge on any atom is 0.251 e. The molecule has 1 atom stereocenters. The summed E-state index contributed by atoms with van der Waals surface area (Å²) in [6.45, 7) is 1.91. The molecule has 1 saturated heterocycles. The SMILES string of the molecule is O=C(NC(c1cccnc1)C1CCOCC1)c1cccc(OCc2ccccc2)c1. The van der Waals surface area contributed by atoms with Gasteiger partial charge in [-0.1, -0.05) is 42.5 Å². The summed E-state index contributed by atoms with van der Waals surface area (Å²) in [6, 6.07) is 21.1. The van der Waals surface area contributed by atoms with Crippen LogP contribution in [0.2, 0.25) is 0 Å². The van der Waals surface area contributed by atoms with Crippen LogP contribution in [0.3, 0.4) is 0 Å². The minimum absolute atomic E-state index is 0.0935. The van der Waals surface area contributed by atoms with E-state index in [2.05, 4.69) is 10.3 Å². The smallest absolute Gasteiger partial charge is 0.251 e. The van der Waals surface area contributed by atoms with Crippen molar-refractivity contribution in [2.75, 3.05) is 13.2 Å². The second-order valence-corrected chi connectivity index (χ2v) is 7.49. The molecule has 1 N–H and O–H groups in total. The number of carbonyl (C=O) groups is 1. The van der Waals surface area contributed by atoms with Gasteiger partial charge in [-0.05, 0) is 54.2 Å². The Bertz CT molecular complexity index is 941. The Morgan fingerprint density at radius 1 is 1.07 bits per heavy atom. The maximum absolute atomic E-state index is 13.1. The molecule has 1 amide bonds. The molecule has 1 aliphatic rings. The Kier molecular flexibility index (Phi) is 6.72. The first-order valence-electron chi connectivity index (χ1n) is 10.3. The number of hydrogen-bond acceptors (Lipinski definition) is 4. The molecule has 3 aromatic rings. The van der Waals surface area contributed by atoms with Gasteiger partial charge in [-0.25, -0.2) is 0 Å². The summed E-state index contributed by atoms with van der Waals surface area (Å²) in [5.74, 6) is 0.889. The maximum atomic E-state index is 13.1. The molecule has 0 aliphatic carbocycles. The molecule has 1 aliphatic heterocycles. The summed E-state index contributed by atoms with van der Waals surface area (Å²) in [4.78, 5) is 17.3. The van der Waals surface area contributed by atoms with Crippen molar-refractivity contribution < 1.29 is 14.3 Å². The van der Waals surface area contributed by atoms with Crippen LogP contribution in [0.1, 0.15) is 40.4 Å². The van der Waals surface area contributed by atoms with Gasteiger partial charge in [0.05, 0.1) is 6.04 Å². The first-order chi connectivity index (χ1) is 14.8. The van der Waals surface area contributed by atoms with Crippen molar-refractivity contribution in [3.8, 4) is 5.75 Å². The molecule has 0 saturated carbocycles. The molecule has 2 aromatic carbocycles. The lowest BCUT2D eigenvalue weighted by Gasteiger charge is -2.31. The molecular formula is C25H26N2O3. The summed E-state index contributed by atoms with van der Waals surface area (Å²) in [7, 11) is 0. The van der Waals surface area contributed by atoms with Gasteiger partial charge in [0.1, 0.15) is 12.4 Å². The Labute approximate surface area is 177 Å². The van der Waals surface area contributed by atoms with Crippen LogP contribution in [-0.2, 0) is 11.3 Å². The van der Waals surface area contributed by atoms with E-state index in [1.165, 1.54) is 0 Å². The minimum atomic E-state index is -0.111. The third kappa shape index (κ3) is 5.24. The topological polar surface area (TPSA) is 60.5 Å². The molecule has 0 bridgehead atoms. The number of nitrogens with zero attached hydrogens (tertiary/aromatic N) is 1. The Hall–Kier alpha value is -3.18. The van der Waals surface area contributed by atoms with Crippen molar-refractivity contribution >= 4 is 5.91 Å². The Morgan fingerprint density at radius 3 is 2.67 bits per heavy atom. The fourth-order valence-electron chi connectivity index (χ4n) is 3.78. The summed E-state index contributed by atoms with van der Waals surface area (Å²) in [5.41, 5.74) is 2.69. The number of ether oxygens (including phenoxy) is 2. The lowest BCUT2D eigenvalue weighted by atomic mass is 9.87. The minimum Gasteiger partial charge on any atom is -0.489 e. The van der Waals surface area contributed by atoms with Gasteiger partial charge >= 0.3 is 0 Å². The van der Waals surface area contributed by atoms with Gasteiger partial charge in [0.25, 0.3) is 5.91 Å². The lowest BCUT2D eigenvalue weighted by Crippen LogP contribution is -2.36. The van der Waals surface area contributed by atoms with Crippen molar-refractivity contribution in [2.45, 2.75) is 25.5 Å². The van der Waals surface area contributed by atoms with E-state index in [9.17, 15) is 4.79 Å². The highest BCUT2D eigenvalue weighted by Gasteiger charge is 2.27. The lowest BCUT2D eigenvalue weighted by molar-refractivity contribution is 0.0513. The predicted molar refractivity (Wildman–Crippen MR) is 115 cm³/mol. The third-order valence-corrected chi connectivity index (χ3v) is 5.41. The zero-order chi connectivity index (χ0) is 20.6. The zero-order valence-electron chi connectivity index (χ0n) is 16.9. The molecular weight excluding hydrogens is 376 g/mol. The molecule has 5 heteroatoms. The first kappa shape index (κ1) is 20.1. The number of rotatable bonds is 7. The van der Waals surface area contributed by atoms with E-state index in [0.29, 0.717) is 23.8 Å². The molecule has 1 fully saturated rings. The highest BCUT2D eigenvalue weighted by atomic mass is 16.5. The van der Waals surface area contributed by atoms with E-state index in [1.54, 1.807) is 12.3 Å². The highest BCUT2D eigenvalue weighted by Crippen LogP contribution is 2.30. The van der Waals surface area contributed by atoms with Crippen LogP contribution in [0.5, 0.6) is 5.75 Å². The van der Waals surface area contributed by atoms with Gasteiger partial charge in [0.15, 0.2) is 0 Å². The van der Waals surface area contributed by atoms with Crippen LogP contribution >= 0.6 is 0 Å². The highest BCUT2D eigenvalue weighted by molar-refractivity contribution is 5.94. The molecule has 1 unspecified atom stereocenters. The molecule has 2 heterocycles. The second kappa shape index (κ2) is 10.0. The van der Waals surface area contributed by atoms with Gasteiger partial charge in [0, 0.05) is 31.2 Å². The fraction of sp³-hybridized carbons (Fsp3) is 0.280. The van der Waals surface area contributed by atoms with Crippen LogP contribution in [0.4, 0.5) is 0 Å². The van der Waals surface area contributed by atoms with Crippen molar-refractivity contribution in [3.05, 3.63) is 95.8 Å². The first-order valence-corrected chi connectivity index (χ1v) is 10.3. The largest absolute Gasteiger partial charge is 0.489 e. The van der Waals surface area contributed by atoms with E-state index in [4.69, 9.17) is 9.47 Å². The average Bonchev–Trinajstić information content (AvgIpc) is 2.83. The van der Waals surface area contributed by atoms with Crippen LogP contribution < -0.4 is 10.1 Å². The number of pyridine rings is 1. The van der Waals surface area contributed by atoms with Crippen LogP contribution in [0.25, 0.3) is 0 Å². The third-order valence-electron chi connectivity index (χ3n) is 5.41. The summed E-state index contributed by atoms with van der Waals surface area (Å²) in [5, 5.41) is 3.23. The molecule has 0 radical (unpaired) electrons. The van der Waals surface area contributed by atoms with E-state index in [1.807, 2.05) is 66.9 Å². The monoisotopic (exact) mass is 402 g/mol. The number of benzene rings is 2. The second-order valence-electron chi connectivity index (χ2n) is 7.49. The van der Waals surface area contributed by atoms with Gasteiger partial charge < -0.3 is 14.8 Å². The van der Waals surface area contributed by atoms with Crippen molar-refractivity contribution in [3.63, 3.8) is 0 Å². The van der Waals surface area contributed by atoms with E-state index < -0.39 is 0 Å². The molecule has 1 aromatic heterocycles. The van der Waals surface area contributed by atoms with Crippen molar-refractivity contribution in [2.24, 2.45) is 5.92 Å². The molecule has 0 spiro atoms. The summed E-state index contributed by atoms with van der Waals surface area (Å²) < 4.78 is 11.4.